The number of nitrogens with two attached hydrogens (primary N) is 1. The quantitative estimate of drug-likeness (QED) is 0.283. The van der Waals surface area contributed by atoms with Gasteiger partial charge in [0.25, 0.3) is 0 Å². The fraction of sp³-hybridized carbons (Fsp3) is 0.438. The molecule has 1 aliphatic carbocycles. The van der Waals surface area contributed by atoms with E-state index in [1.807, 2.05) is 6.07 Å². The number of nitrogens with one attached hydrogen (secondary N) is 1. The van der Waals surface area contributed by atoms with E-state index in [-0.39, 0.29) is 47.0 Å². The molecule has 1 aromatic carbocycles. The predicted octanol–water partition coefficient (Wildman–Crippen LogP) is 5.28. The lowest BCUT2D eigenvalue weighted by Crippen LogP contribution is -2.55. The van der Waals surface area contributed by atoms with Crippen LogP contribution < -0.4 is 15.8 Å². The van der Waals surface area contributed by atoms with Crippen LogP contribution in [0.4, 0.5) is 25.2 Å². The van der Waals surface area contributed by atoms with Crippen LogP contribution in [-0.2, 0) is 9.47 Å². The topological polar surface area (TPSA) is 129 Å². The number of fused-ring (bicyclic) bond motifs is 1. The fourth-order valence-electron chi connectivity index (χ4n) is 6.70. The average Bonchev–Trinajstić information content (AvgIpc) is 3.42. The van der Waals surface area contributed by atoms with E-state index in [1.54, 1.807) is 42.7 Å². The van der Waals surface area contributed by atoms with Crippen molar-refractivity contribution in [1.82, 2.24) is 24.5 Å². The van der Waals surface area contributed by atoms with Gasteiger partial charge in [-0.2, -0.15) is 9.61 Å². The molecule has 238 valence electrons. The number of aromatic nitrogens is 4. The summed E-state index contributed by atoms with van der Waals surface area (Å²) in [5, 5.41) is 7.88. The summed E-state index contributed by atoms with van der Waals surface area (Å²) in [6.45, 7) is 3.20. The third-order valence-corrected chi connectivity index (χ3v) is 8.81. The monoisotopic (exact) mass is 621 g/mol. The highest BCUT2D eigenvalue weighted by Gasteiger charge is 2.39. The first-order valence-corrected chi connectivity index (χ1v) is 15.1. The molecule has 0 spiro atoms. The third-order valence-electron chi connectivity index (χ3n) is 8.81. The van der Waals surface area contributed by atoms with Crippen molar-refractivity contribution in [3.05, 3.63) is 66.1 Å². The van der Waals surface area contributed by atoms with Gasteiger partial charge in [0.05, 0.1) is 61.2 Å². The van der Waals surface area contributed by atoms with E-state index in [9.17, 15) is 4.79 Å². The van der Waals surface area contributed by atoms with Crippen LogP contribution in [0, 0.1) is 17.6 Å². The first-order chi connectivity index (χ1) is 21.7. The fourth-order valence-corrected chi connectivity index (χ4v) is 6.70. The number of pyridine rings is 1. The van der Waals surface area contributed by atoms with Gasteiger partial charge in [-0.3, -0.25) is 4.98 Å². The highest BCUT2D eigenvalue weighted by molar-refractivity contribution is 5.68. The summed E-state index contributed by atoms with van der Waals surface area (Å²) in [7, 11) is 3.07. The SMILES string of the molecule is COC(=O)N(C)[C@@H]1[C@H](N)C[C@H](c2ccncc2Nc2ncc3ccc(-c4c(F)cc(OC5CCOCC5)cc4F)nn23)C[C@@H]1C. The summed E-state index contributed by atoms with van der Waals surface area (Å²) in [5.74, 6) is -0.853. The summed E-state index contributed by atoms with van der Waals surface area (Å²) >= 11 is 0. The molecule has 1 aliphatic heterocycles. The molecule has 13 heteroatoms. The Bertz CT molecular complexity index is 1640. The smallest absolute Gasteiger partial charge is 0.409 e. The summed E-state index contributed by atoms with van der Waals surface area (Å²) in [6, 6.07) is 7.17. The number of hydrogen-bond acceptors (Lipinski definition) is 9. The zero-order valence-electron chi connectivity index (χ0n) is 25.5. The molecule has 45 heavy (non-hydrogen) atoms. The van der Waals surface area contributed by atoms with Crippen molar-refractivity contribution in [1.29, 1.82) is 0 Å². The van der Waals surface area contributed by atoms with Gasteiger partial charge in [0, 0.05) is 44.3 Å². The van der Waals surface area contributed by atoms with Crippen molar-refractivity contribution in [2.45, 2.75) is 56.7 Å². The maximum Gasteiger partial charge on any atom is 0.409 e. The van der Waals surface area contributed by atoms with E-state index < -0.39 is 17.7 Å². The maximum absolute atomic E-state index is 15.3. The number of hydrogen-bond donors (Lipinski definition) is 2. The molecule has 3 N–H and O–H groups in total. The molecule has 3 aromatic heterocycles. The number of likely N-dealkylation sites (N-methyl/N-ethyl adjacent to an activating group) is 1. The van der Waals surface area contributed by atoms with Crippen molar-refractivity contribution in [3.63, 3.8) is 0 Å². The summed E-state index contributed by atoms with van der Waals surface area (Å²) in [4.78, 5) is 22.6. The van der Waals surface area contributed by atoms with Crippen LogP contribution in [0.2, 0.25) is 0 Å². The van der Waals surface area contributed by atoms with E-state index in [1.165, 1.54) is 23.8 Å². The second kappa shape index (κ2) is 12.9. The van der Waals surface area contributed by atoms with Gasteiger partial charge in [-0.05, 0) is 48.4 Å². The minimum atomic E-state index is -0.771. The lowest BCUT2D eigenvalue weighted by atomic mass is 9.73. The van der Waals surface area contributed by atoms with Crippen LogP contribution in [0.5, 0.6) is 5.75 Å². The predicted molar refractivity (Wildman–Crippen MR) is 163 cm³/mol. The Labute approximate surface area is 259 Å². The maximum atomic E-state index is 15.3. The van der Waals surface area contributed by atoms with E-state index in [2.05, 4.69) is 27.3 Å². The van der Waals surface area contributed by atoms with Gasteiger partial charge in [0.15, 0.2) is 0 Å². The molecule has 1 saturated carbocycles. The van der Waals surface area contributed by atoms with E-state index in [0.29, 0.717) is 49.6 Å². The number of nitrogens with zero attached hydrogens (tertiary/aromatic N) is 5. The number of benzene rings is 1. The summed E-state index contributed by atoms with van der Waals surface area (Å²) < 4.78 is 48.2. The van der Waals surface area contributed by atoms with Crippen LogP contribution in [-0.4, -0.2) is 76.1 Å². The highest BCUT2D eigenvalue weighted by atomic mass is 19.1. The lowest BCUT2D eigenvalue weighted by molar-refractivity contribution is 0.0253. The molecule has 0 unspecified atom stereocenters. The minimum Gasteiger partial charge on any atom is -0.490 e. The molecular weight excluding hydrogens is 584 g/mol. The Kier molecular flexibility index (Phi) is 8.81. The van der Waals surface area contributed by atoms with Gasteiger partial charge in [-0.1, -0.05) is 6.92 Å². The molecule has 4 atom stereocenters. The van der Waals surface area contributed by atoms with Crippen molar-refractivity contribution < 1.29 is 27.8 Å². The van der Waals surface area contributed by atoms with Crippen LogP contribution in [0.25, 0.3) is 16.8 Å². The Hall–Kier alpha value is -4.36. The van der Waals surface area contributed by atoms with Gasteiger partial charge in [0.2, 0.25) is 5.95 Å². The number of imidazole rings is 1. The molecule has 4 heterocycles. The molecule has 4 aromatic rings. The van der Waals surface area contributed by atoms with Gasteiger partial charge in [-0.25, -0.2) is 18.6 Å². The number of rotatable bonds is 7. The number of ether oxygens (including phenoxy) is 3. The molecular formula is C32H37F2N7O4. The number of methoxy groups -OCH3 is 1. The molecule has 0 bridgehead atoms. The normalized spacial score (nSPS) is 22.3. The van der Waals surface area contributed by atoms with Crippen LogP contribution in [0.1, 0.15) is 44.1 Å². The largest absolute Gasteiger partial charge is 0.490 e. The standard InChI is InChI=1S/C32H37F2N7O4/c1-18-12-19(13-26(35)30(18)40(2)32(42)43-3)23-6-9-36-17-28(23)38-31-37-16-20-4-5-27(39-41(20)31)29-24(33)14-22(15-25(29)34)45-21-7-10-44-11-8-21/h4-6,9,14-19,21,26,30H,7-8,10-13,35H2,1-3H3,(H,37,38)/t18-,19+,26+,30-/m0/s1. The molecule has 1 saturated heterocycles. The molecule has 11 nitrogen and oxygen atoms in total. The van der Waals surface area contributed by atoms with E-state index in [0.717, 1.165) is 12.0 Å². The zero-order valence-corrected chi connectivity index (χ0v) is 25.5. The summed E-state index contributed by atoms with van der Waals surface area (Å²) in [6.07, 6.45) is 7.26. The Morgan fingerprint density at radius 1 is 1.13 bits per heavy atom. The highest BCUT2D eigenvalue weighted by Crippen LogP contribution is 2.40. The molecule has 0 radical (unpaired) electrons. The molecule has 1 amide bonds. The zero-order chi connectivity index (χ0) is 31.7. The second-order valence-electron chi connectivity index (χ2n) is 11.8. The minimum absolute atomic E-state index is 0.0857. The van der Waals surface area contributed by atoms with Crippen molar-refractivity contribution in [2.24, 2.45) is 11.7 Å². The van der Waals surface area contributed by atoms with Gasteiger partial charge < -0.3 is 30.2 Å². The van der Waals surface area contributed by atoms with Gasteiger partial charge in [-0.15, -0.1) is 0 Å². The molecule has 2 aliphatic rings. The van der Waals surface area contributed by atoms with Crippen LogP contribution in [0.15, 0.2) is 48.9 Å². The number of anilines is 2. The molecule has 6 rings (SSSR count). The molecule has 2 fully saturated rings. The summed E-state index contributed by atoms with van der Waals surface area (Å²) in [5.41, 5.74) is 8.82. The van der Waals surface area contributed by atoms with Gasteiger partial charge in [0.1, 0.15) is 23.5 Å². The third kappa shape index (κ3) is 6.27. The van der Waals surface area contributed by atoms with Crippen LogP contribution >= 0.6 is 0 Å². The Morgan fingerprint density at radius 2 is 1.89 bits per heavy atom. The van der Waals surface area contributed by atoms with Gasteiger partial charge >= 0.3 is 6.09 Å². The first kappa shape index (κ1) is 30.7. The average molecular weight is 622 g/mol. The van der Waals surface area contributed by atoms with E-state index in [4.69, 9.17) is 19.9 Å². The second-order valence-corrected chi connectivity index (χ2v) is 11.8. The number of halogens is 2. The van der Waals surface area contributed by atoms with Crippen LogP contribution in [0.3, 0.4) is 0 Å². The first-order valence-electron chi connectivity index (χ1n) is 15.1. The van der Waals surface area contributed by atoms with Crippen molar-refractivity contribution in [2.75, 3.05) is 32.7 Å². The Balaban J connectivity index is 1.25. The van der Waals surface area contributed by atoms with Crippen molar-refractivity contribution in [3.8, 4) is 17.0 Å². The van der Waals surface area contributed by atoms with E-state index >= 15 is 8.78 Å². The lowest BCUT2D eigenvalue weighted by Gasteiger charge is -2.43. The Morgan fingerprint density at radius 3 is 2.60 bits per heavy atom. The number of amides is 1. The number of carbonyl (C=O) groups excluding carboxylic acids is 1. The van der Waals surface area contributed by atoms with Crippen molar-refractivity contribution >= 4 is 23.2 Å². The number of carbonyl (C=O) groups is 1.